The summed E-state index contributed by atoms with van der Waals surface area (Å²) in [6, 6.07) is 17.8. The number of para-hydroxylation sites is 1. The Morgan fingerprint density at radius 2 is 1.53 bits per heavy atom. The molecule has 0 saturated heterocycles. The summed E-state index contributed by atoms with van der Waals surface area (Å²) in [5.41, 5.74) is 3.37. The normalized spacial score (nSPS) is 11.2. The first kappa shape index (κ1) is 28.3. The number of anilines is 1. The van der Waals surface area contributed by atoms with E-state index in [1.54, 1.807) is 48.5 Å². The third kappa shape index (κ3) is 6.94. The lowest BCUT2D eigenvalue weighted by molar-refractivity contribution is -0.119. The van der Waals surface area contributed by atoms with Crippen LogP contribution in [0.4, 0.5) is 5.69 Å². The second kappa shape index (κ2) is 13.3. The molecule has 0 unspecified atom stereocenters. The van der Waals surface area contributed by atoms with Crippen LogP contribution in [0.2, 0.25) is 0 Å². The van der Waals surface area contributed by atoms with E-state index in [4.69, 9.17) is 18.9 Å². The molecule has 1 amide bonds. The van der Waals surface area contributed by atoms with Gasteiger partial charge in [0.2, 0.25) is 0 Å². The van der Waals surface area contributed by atoms with Gasteiger partial charge in [-0.1, -0.05) is 18.2 Å². The van der Waals surface area contributed by atoms with E-state index in [-0.39, 0.29) is 10.6 Å². The first-order chi connectivity index (χ1) is 18.3. The topological polar surface area (TPSA) is 116 Å². The van der Waals surface area contributed by atoms with Crippen LogP contribution < -0.4 is 28.7 Å². The van der Waals surface area contributed by atoms with E-state index < -0.39 is 22.5 Å². The average Bonchev–Trinajstić information content (AvgIpc) is 2.93. The molecule has 0 heterocycles. The van der Waals surface area contributed by atoms with Crippen molar-refractivity contribution >= 4 is 27.8 Å². The highest BCUT2D eigenvalue weighted by molar-refractivity contribution is 7.92. The fraction of sp³-hybridized carbons (Fsp3) is 0.259. The number of rotatable bonds is 13. The minimum atomic E-state index is -4.15. The first-order valence-corrected chi connectivity index (χ1v) is 13.3. The molecule has 38 heavy (non-hydrogen) atoms. The monoisotopic (exact) mass is 541 g/mol. The molecule has 0 bridgehead atoms. The minimum Gasteiger partial charge on any atom is -0.493 e. The lowest BCUT2D eigenvalue weighted by Gasteiger charge is -2.24. The number of carbonyl (C=O) groups is 1. The summed E-state index contributed by atoms with van der Waals surface area (Å²) < 4.78 is 49.8. The van der Waals surface area contributed by atoms with Crippen molar-refractivity contribution in [3.05, 3.63) is 72.3 Å². The third-order valence-corrected chi connectivity index (χ3v) is 7.01. The summed E-state index contributed by atoms with van der Waals surface area (Å²) in [5, 5.41) is 3.99. The molecule has 0 aliphatic carbocycles. The predicted molar refractivity (Wildman–Crippen MR) is 145 cm³/mol. The van der Waals surface area contributed by atoms with E-state index in [0.717, 1.165) is 4.31 Å². The number of ether oxygens (including phenoxy) is 4. The van der Waals surface area contributed by atoms with Gasteiger partial charge in [-0.15, -0.1) is 0 Å². The van der Waals surface area contributed by atoms with Gasteiger partial charge in [-0.3, -0.25) is 9.10 Å². The Kier molecular flexibility index (Phi) is 9.94. The standard InChI is InChI=1S/C27H31N3O7S/c1-5-36-24-14-12-20(16-26(24)37-6-2)18-28-29-27(31)19-30(21-10-8-7-9-11-21)38(32,33)22-13-15-23(34-3)25(17-22)35-4/h7-18H,5-6,19H2,1-4H3,(H,29,31)/b28-18-. The Balaban J connectivity index is 1.82. The maximum absolute atomic E-state index is 13.6. The van der Waals surface area contributed by atoms with E-state index in [1.807, 2.05) is 13.8 Å². The highest BCUT2D eigenvalue weighted by atomic mass is 32.2. The van der Waals surface area contributed by atoms with Gasteiger partial charge in [0.05, 0.1) is 44.2 Å². The lowest BCUT2D eigenvalue weighted by Crippen LogP contribution is -2.39. The van der Waals surface area contributed by atoms with Crippen molar-refractivity contribution in [1.29, 1.82) is 0 Å². The summed E-state index contributed by atoms with van der Waals surface area (Å²) in [6.45, 7) is 4.19. The SMILES string of the molecule is CCOc1ccc(/C=N\NC(=O)CN(c2ccccc2)S(=O)(=O)c2ccc(OC)c(OC)c2)cc1OCC. The van der Waals surface area contributed by atoms with Crippen molar-refractivity contribution in [1.82, 2.24) is 5.43 Å². The maximum Gasteiger partial charge on any atom is 0.264 e. The number of methoxy groups -OCH3 is 2. The second-order valence-corrected chi connectivity index (χ2v) is 9.59. The zero-order valence-corrected chi connectivity index (χ0v) is 22.5. The molecule has 3 rings (SSSR count). The fourth-order valence-electron chi connectivity index (χ4n) is 3.51. The molecule has 0 saturated carbocycles. The van der Waals surface area contributed by atoms with Crippen LogP contribution in [0.15, 0.2) is 76.7 Å². The van der Waals surface area contributed by atoms with E-state index in [0.29, 0.717) is 41.7 Å². The molecule has 0 atom stereocenters. The molecule has 10 nitrogen and oxygen atoms in total. The molecular formula is C27H31N3O7S. The van der Waals surface area contributed by atoms with E-state index in [1.165, 1.54) is 38.6 Å². The Morgan fingerprint density at radius 1 is 0.868 bits per heavy atom. The smallest absolute Gasteiger partial charge is 0.264 e. The van der Waals surface area contributed by atoms with Crippen LogP contribution in [0.25, 0.3) is 0 Å². The molecule has 202 valence electrons. The average molecular weight is 542 g/mol. The molecule has 0 radical (unpaired) electrons. The largest absolute Gasteiger partial charge is 0.493 e. The number of sulfonamides is 1. The lowest BCUT2D eigenvalue weighted by atomic mass is 10.2. The Bertz CT molecular complexity index is 1360. The van der Waals surface area contributed by atoms with E-state index >= 15 is 0 Å². The van der Waals surface area contributed by atoms with E-state index in [9.17, 15) is 13.2 Å². The third-order valence-electron chi connectivity index (χ3n) is 5.24. The summed E-state index contributed by atoms with van der Waals surface area (Å²) in [5.74, 6) is 1.16. The molecule has 0 spiro atoms. The van der Waals surface area contributed by atoms with Crippen molar-refractivity contribution < 1.29 is 32.2 Å². The number of amides is 1. The first-order valence-electron chi connectivity index (χ1n) is 11.8. The van der Waals surface area contributed by atoms with E-state index in [2.05, 4.69) is 10.5 Å². The highest BCUT2D eigenvalue weighted by Crippen LogP contribution is 2.32. The molecule has 0 fully saturated rings. The molecule has 3 aromatic carbocycles. The van der Waals surface area contributed by atoms with Gasteiger partial charge in [0.25, 0.3) is 15.9 Å². The minimum absolute atomic E-state index is 0.0619. The van der Waals surface area contributed by atoms with Crippen LogP contribution in [0.3, 0.4) is 0 Å². The van der Waals surface area contributed by atoms with Crippen molar-refractivity contribution in [3.8, 4) is 23.0 Å². The number of nitrogens with zero attached hydrogens (tertiary/aromatic N) is 2. The van der Waals surface area contributed by atoms with Gasteiger partial charge in [0.15, 0.2) is 23.0 Å². The fourth-order valence-corrected chi connectivity index (χ4v) is 4.94. The van der Waals surface area contributed by atoms with Crippen molar-refractivity contribution in [3.63, 3.8) is 0 Å². The molecule has 0 aliphatic rings. The number of benzene rings is 3. The quantitative estimate of drug-likeness (QED) is 0.258. The molecule has 1 N–H and O–H groups in total. The van der Waals surface area contributed by atoms with Crippen LogP contribution in [0.5, 0.6) is 23.0 Å². The molecule has 0 aromatic heterocycles. The van der Waals surface area contributed by atoms with Crippen LogP contribution >= 0.6 is 0 Å². The van der Waals surface area contributed by atoms with Crippen LogP contribution in [-0.2, 0) is 14.8 Å². The number of hydrazone groups is 1. The van der Waals surface area contributed by atoms with Crippen molar-refractivity contribution in [2.75, 3.05) is 38.3 Å². The van der Waals surface area contributed by atoms with Gasteiger partial charge in [0.1, 0.15) is 6.54 Å². The Morgan fingerprint density at radius 3 is 2.18 bits per heavy atom. The highest BCUT2D eigenvalue weighted by Gasteiger charge is 2.28. The molecule has 11 heteroatoms. The summed E-state index contributed by atoms with van der Waals surface area (Å²) in [6.07, 6.45) is 1.44. The van der Waals surface area contributed by atoms with Crippen molar-refractivity contribution in [2.45, 2.75) is 18.7 Å². The molecule has 3 aromatic rings. The molecule has 0 aliphatic heterocycles. The van der Waals surface area contributed by atoms with Gasteiger partial charge in [-0.2, -0.15) is 5.10 Å². The number of carbonyl (C=O) groups excluding carboxylic acids is 1. The Labute approximate surface area is 222 Å². The zero-order chi connectivity index (χ0) is 27.5. The van der Waals surface area contributed by atoms with Gasteiger partial charge in [-0.05, 0) is 61.9 Å². The second-order valence-electron chi connectivity index (χ2n) is 7.73. The van der Waals surface area contributed by atoms with Gasteiger partial charge >= 0.3 is 0 Å². The number of nitrogens with one attached hydrogen (secondary N) is 1. The van der Waals surface area contributed by atoms with Crippen LogP contribution in [0.1, 0.15) is 19.4 Å². The number of hydrogen-bond acceptors (Lipinski definition) is 8. The molecular weight excluding hydrogens is 510 g/mol. The van der Waals surface area contributed by atoms with Gasteiger partial charge in [-0.25, -0.2) is 13.8 Å². The summed E-state index contributed by atoms with van der Waals surface area (Å²) in [7, 11) is -1.28. The Hall–Kier alpha value is -4.25. The predicted octanol–water partition coefficient (Wildman–Crippen LogP) is 3.85. The summed E-state index contributed by atoms with van der Waals surface area (Å²) >= 11 is 0. The van der Waals surface area contributed by atoms with Crippen LogP contribution in [-0.4, -0.2) is 54.5 Å². The zero-order valence-electron chi connectivity index (χ0n) is 21.7. The van der Waals surface area contributed by atoms with Crippen molar-refractivity contribution in [2.24, 2.45) is 5.10 Å². The summed E-state index contributed by atoms with van der Waals surface area (Å²) in [4.78, 5) is 12.7. The van der Waals surface area contributed by atoms with Gasteiger partial charge in [0, 0.05) is 6.07 Å². The van der Waals surface area contributed by atoms with Crippen LogP contribution in [0, 0.1) is 0 Å². The number of hydrogen-bond donors (Lipinski definition) is 1. The van der Waals surface area contributed by atoms with Gasteiger partial charge < -0.3 is 18.9 Å². The maximum atomic E-state index is 13.6.